The van der Waals surface area contributed by atoms with Gasteiger partial charge < -0.3 is 15.8 Å². The fourth-order valence-corrected chi connectivity index (χ4v) is 1.46. The average Bonchev–Trinajstić information content (AvgIpc) is 2.27. The third kappa shape index (κ3) is 5.36. The Morgan fingerprint density at radius 1 is 1.35 bits per heavy atom. The van der Waals surface area contributed by atoms with Gasteiger partial charge in [0.1, 0.15) is 6.61 Å². The molecule has 0 saturated carbocycles. The van der Waals surface area contributed by atoms with Crippen molar-refractivity contribution < 1.29 is 9.53 Å². The van der Waals surface area contributed by atoms with Gasteiger partial charge in [0, 0.05) is 5.54 Å². The van der Waals surface area contributed by atoms with Crippen LogP contribution in [0.5, 0.6) is 0 Å². The van der Waals surface area contributed by atoms with Crippen molar-refractivity contribution in [2.24, 2.45) is 5.73 Å². The second-order valence-electron chi connectivity index (χ2n) is 4.61. The third-order valence-corrected chi connectivity index (χ3v) is 2.42. The molecule has 1 rings (SSSR count). The summed E-state index contributed by atoms with van der Waals surface area (Å²) < 4.78 is 5.12. The minimum Gasteiger partial charge on any atom is -0.445 e. The van der Waals surface area contributed by atoms with Gasteiger partial charge in [0.05, 0.1) is 0 Å². The highest BCUT2D eigenvalue weighted by molar-refractivity contribution is 5.68. The van der Waals surface area contributed by atoms with Crippen LogP contribution in [0.15, 0.2) is 30.3 Å². The SMILES string of the molecule is CC(C)(CCN)NC(=O)OCc1ccccc1. The van der Waals surface area contributed by atoms with Crippen molar-refractivity contribution in [1.29, 1.82) is 0 Å². The first-order valence-electron chi connectivity index (χ1n) is 5.72. The minimum atomic E-state index is -0.410. The van der Waals surface area contributed by atoms with Crippen LogP contribution in [-0.2, 0) is 11.3 Å². The summed E-state index contributed by atoms with van der Waals surface area (Å²) in [5.74, 6) is 0. The molecular formula is C13H20N2O2. The predicted octanol–water partition coefficient (Wildman–Crippen LogP) is 2.04. The maximum absolute atomic E-state index is 11.5. The van der Waals surface area contributed by atoms with Crippen molar-refractivity contribution in [3.63, 3.8) is 0 Å². The molecule has 0 bridgehead atoms. The highest BCUT2D eigenvalue weighted by Gasteiger charge is 2.19. The number of rotatable bonds is 5. The van der Waals surface area contributed by atoms with Crippen molar-refractivity contribution in [2.45, 2.75) is 32.4 Å². The minimum absolute atomic E-state index is 0.283. The van der Waals surface area contributed by atoms with Gasteiger partial charge in [0.2, 0.25) is 0 Å². The van der Waals surface area contributed by atoms with E-state index < -0.39 is 6.09 Å². The quantitative estimate of drug-likeness (QED) is 0.822. The summed E-state index contributed by atoms with van der Waals surface area (Å²) in [4.78, 5) is 11.5. The summed E-state index contributed by atoms with van der Waals surface area (Å²) in [5.41, 5.74) is 6.10. The number of hydrogen-bond donors (Lipinski definition) is 2. The number of ether oxygens (including phenoxy) is 1. The van der Waals surface area contributed by atoms with Crippen LogP contribution in [0.3, 0.4) is 0 Å². The number of nitrogens with one attached hydrogen (secondary N) is 1. The zero-order chi connectivity index (χ0) is 12.7. The lowest BCUT2D eigenvalue weighted by Crippen LogP contribution is -2.44. The summed E-state index contributed by atoms with van der Waals surface area (Å²) in [6, 6.07) is 9.58. The number of amides is 1. The van der Waals surface area contributed by atoms with Gasteiger partial charge in [-0.05, 0) is 32.4 Å². The molecule has 17 heavy (non-hydrogen) atoms. The van der Waals surface area contributed by atoms with E-state index in [2.05, 4.69) is 5.32 Å². The zero-order valence-corrected chi connectivity index (χ0v) is 10.4. The van der Waals surface area contributed by atoms with E-state index in [0.29, 0.717) is 13.0 Å². The molecule has 1 aromatic rings. The smallest absolute Gasteiger partial charge is 0.407 e. The number of carbonyl (C=O) groups is 1. The van der Waals surface area contributed by atoms with Crippen LogP contribution in [0, 0.1) is 0 Å². The van der Waals surface area contributed by atoms with Gasteiger partial charge in [-0.1, -0.05) is 30.3 Å². The van der Waals surface area contributed by atoms with Gasteiger partial charge in [-0.15, -0.1) is 0 Å². The van der Waals surface area contributed by atoms with Gasteiger partial charge in [-0.3, -0.25) is 0 Å². The second-order valence-corrected chi connectivity index (χ2v) is 4.61. The van der Waals surface area contributed by atoms with E-state index >= 15 is 0 Å². The summed E-state index contributed by atoms with van der Waals surface area (Å²) in [5, 5.41) is 2.79. The summed E-state index contributed by atoms with van der Waals surface area (Å²) >= 11 is 0. The van der Waals surface area contributed by atoms with Crippen molar-refractivity contribution in [3.05, 3.63) is 35.9 Å². The highest BCUT2D eigenvalue weighted by atomic mass is 16.5. The molecule has 0 radical (unpaired) electrons. The first-order valence-corrected chi connectivity index (χ1v) is 5.72. The molecule has 0 aliphatic carbocycles. The van der Waals surface area contributed by atoms with Crippen LogP contribution >= 0.6 is 0 Å². The van der Waals surface area contributed by atoms with E-state index in [1.165, 1.54) is 0 Å². The maximum atomic E-state index is 11.5. The molecule has 0 unspecified atom stereocenters. The molecule has 0 aromatic heterocycles. The van der Waals surface area contributed by atoms with E-state index in [1.807, 2.05) is 44.2 Å². The first kappa shape index (κ1) is 13.5. The van der Waals surface area contributed by atoms with Crippen molar-refractivity contribution in [1.82, 2.24) is 5.32 Å². The predicted molar refractivity (Wildman–Crippen MR) is 67.5 cm³/mol. The van der Waals surface area contributed by atoms with Gasteiger partial charge >= 0.3 is 6.09 Å². The monoisotopic (exact) mass is 236 g/mol. The summed E-state index contributed by atoms with van der Waals surface area (Å²) in [7, 11) is 0. The number of nitrogens with two attached hydrogens (primary N) is 1. The molecule has 1 aromatic carbocycles. The van der Waals surface area contributed by atoms with Crippen molar-refractivity contribution >= 4 is 6.09 Å². The maximum Gasteiger partial charge on any atom is 0.407 e. The molecule has 0 heterocycles. The molecule has 4 nitrogen and oxygen atoms in total. The molecule has 0 aliphatic rings. The summed E-state index contributed by atoms with van der Waals surface area (Å²) in [6.45, 7) is 4.66. The molecule has 0 fully saturated rings. The van der Waals surface area contributed by atoms with Crippen LogP contribution in [0.1, 0.15) is 25.8 Å². The Kier molecular flexibility index (Phi) is 4.97. The van der Waals surface area contributed by atoms with E-state index in [9.17, 15) is 4.79 Å². The van der Waals surface area contributed by atoms with Crippen LogP contribution in [-0.4, -0.2) is 18.2 Å². The third-order valence-electron chi connectivity index (χ3n) is 2.42. The Morgan fingerprint density at radius 3 is 2.59 bits per heavy atom. The van der Waals surface area contributed by atoms with Gasteiger partial charge in [-0.2, -0.15) is 0 Å². The molecule has 3 N–H and O–H groups in total. The number of hydrogen-bond acceptors (Lipinski definition) is 3. The largest absolute Gasteiger partial charge is 0.445 e. The molecule has 4 heteroatoms. The number of alkyl carbamates (subject to hydrolysis) is 1. The van der Waals surface area contributed by atoms with E-state index in [0.717, 1.165) is 5.56 Å². The lowest BCUT2D eigenvalue weighted by Gasteiger charge is -2.24. The molecule has 94 valence electrons. The van der Waals surface area contributed by atoms with Crippen LogP contribution in [0.4, 0.5) is 4.79 Å². The molecular weight excluding hydrogens is 216 g/mol. The van der Waals surface area contributed by atoms with E-state index in [-0.39, 0.29) is 12.1 Å². The summed E-state index contributed by atoms with van der Waals surface area (Å²) in [6.07, 6.45) is 0.306. The van der Waals surface area contributed by atoms with Crippen LogP contribution in [0.25, 0.3) is 0 Å². The Morgan fingerprint density at radius 2 is 2.00 bits per heavy atom. The zero-order valence-electron chi connectivity index (χ0n) is 10.4. The fourth-order valence-electron chi connectivity index (χ4n) is 1.46. The molecule has 0 saturated heterocycles. The number of benzene rings is 1. The van der Waals surface area contributed by atoms with Crippen molar-refractivity contribution in [3.8, 4) is 0 Å². The lowest BCUT2D eigenvalue weighted by molar-refractivity contribution is 0.129. The highest BCUT2D eigenvalue weighted by Crippen LogP contribution is 2.07. The standard InChI is InChI=1S/C13H20N2O2/c1-13(2,8-9-14)15-12(16)17-10-11-6-4-3-5-7-11/h3-7H,8-10,14H2,1-2H3,(H,15,16). The Hall–Kier alpha value is -1.55. The topological polar surface area (TPSA) is 64.3 Å². The number of carbonyl (C=O) groups excluding carboxylic acids is 1. The average molecular weight is 236 g/mol. The second kappa shape index (κ2) is 6.25. The fraction of sp³-hybridized carbons (Fsp3) is 0.462. The van der Waals surface area contributed by atoms with Crippen LogP contribution < -0.4 is 11.1 Å². The molecule has 1 amide bonds. The Bertz CT molecular complexity index is 350. The Labute approximate surface area is 102 Å². The van der Waals surface area contributed by atoms with Crippen molar-refractivity contribution in [2.75, 3.05) is 6.54 Å². The van der Waals surface area contributed by atoms with Crippen LogP contribution in [0.2, 0.25) is 0 Å². The van der Waals surface area contributed by atoms with Gasteiger partial charge in [-0.25, -0.2) is 4.79 Å². The Balaban J connectivity index is 2.35. The normalized spacial score (nSPS) is 11.0. The first-order chi connectivity index (χ1) is 8.03. The molecule has 0 atom stereocenters. The van der Waals surface area contributed by atoms with E-state index in [1.54, 1.807) is 0 Å². The lowest BCUT2D eigenvalue weighted by atomic mass is 10.0. The molecule has 0 aliphatic heterocycles. The molecule has 0 spiro atoms. The van der Waals surface area contributed by atoms with Gasteiger partial charge in [0.25, 0.3) is 0 Å². The van der Waals surface area contributed by atoms with Gasteiger partial charge in [0.15, 0.2) is 0 Å². The van der Waals surface area contributed by atoms with E-state index in [4.69, 9.17) is 10.5 Å².